The largest absolute Gasteiger partial charge is 0.463 e. The Morgan fingerprint density at radius 2 is 2.39 bits per heavy atom. The maximum absolute atomic E-state index is 13.8. The molecule has 2 N–H and O–H groups in total. The van der Waals surface area contributed by atoms with E-state index >= 15 is 0 Å². The molecule has 98 valence electrons. The molecule has 0 fully saturated rings. The van der Waals surface area contributed by atoms with E-state index < -0.39 is 0 Å². The van der Waals surface area contributed by atoms with Gasteiger partial charge in [-0.25, -0.2) is 9.38 Å². The number of likely N-dealkylation sites (N-methyl/N-ethyl adjacent to an activating group) is 1. The number of amidine groups is 1. The zero-order valence-electron chi connectivity index (χ0n) is 10.1. The summed E-state index contributed by atoms with van der Waals surface area (Å²) < 4.78 is 18.9. The lowest BCUT2D eigenvalue weighted by molar-refractivity contribution is 0.313. The molecule has 1 aromatic carbocycles. The van der Waals surface area contributed by atoms with Crippen LogP contribution in [-0.2, 0) is 4.74 Å². The Hall–Kier alpha value is -1.49. The van der Waals surface area contributed by atoms with Crippen LogP contribution in [0, 0.1) is 5.82 Å². The van der Waals surface area contributed by atoms with Crippen molar-refractivity contribution in [3.8, 4) is 0 Å². The Balaban J connectivity index is 2.13. The maximum atomic E-state index is 13.8. The molecule has 0 bridgehead atoms. The van der Waals surface area contributed by atoms with Crippen molar-refractivity contribution < 1.29 is 9.13 Å². The first kappa shape index (κ1) is 13.0. The minimum atomic E-state index is -0.333. The molecule has 6 heteroatoms. The predicted octanol–water partition coefficient (Wildman–Crippen LogP) is 2.02. The summed E-state index contributed by atoms with van der Waals surface area (Å²) in [6.07, 6.45) is 0. The Kier molecular flexibility index (Phi) is 3.91. The number of ether oxygens (including phenoxy) is 1. The van der Waals surface area contributed by atoms with Crippen LogP contribution in [0.15, 0.2) is 23.2 Å². The van der Waals surface area contributed by atoms with Crippen LogP contribution in [0.4, 0.5) is 10.1 Å². The molecule has 1 aromatic rings. The fourth-order valence-electron chi connectivity index (χ4n) is 1.92. The summed E-state index contributed by atoms with van der Waals surface area (Å²) in [6.45, 7) is 3.63. The summed E-state index contributed by atoms with van der Waals surface area (Å²) >= 11 is 5.74. The van der Waals surface area contributed by atoms with Crippen LogP contribution in [0.25, 0.3) is 0 Å². The van der Waals surface area contributed by atoms with Crippen LogP contribution in [0.5, 0.6) is 0 Å². The second-order valence-corrected chi connectivity index (χ2v) is 4.50. The van der Waals surface area contributed by atoms with E-state index in [4.69, 9.17) is 22.1 Å². The van der Waals surface area contributed by atoms with E-state index in [-0.39, 0.29) is 17.9 Å². The molecular weight excluding hydrogens is 257 g/mol. The Bertz CT molecular complexity index is 467. The molecule has 0 aromatic heterocycles. The first-order valence-electron chi connectivity index (χ1n) is 5.76. The van der Waals surface area contributed by atoms with Crippen LogP contribution >= 0.6 is 11.6 Å². The average molecular weight is 272 g/mol. The Morgan fingerprint density at radius 3 is 2.94 bits per heavy atom. The van der Waals surface area contributed by atoms with Crippen molar-refractivity contribution in [2.45, 2.75) is 13.0 Å². The Morgan fingerprint density at radius 1 is 1.61 bits per heavy atom. The summed E-state index contributed by atoms with van der Waals surface area (Å²) in [6, 6.07) is 4.80. The molecular formula is C12H15ClFN3O. The minimum absolute atomic E-state index is 0.0555. The summed E-state index contributed by atoms with van der Waals surface area (Å²) in [5, 5.41) is 0.388. The smallest absolute Gasteiger partial charge is 0.282 e. The van der Waals surface area contributed by atoms with Crippen LogP contribution < -0.4 is 10.6 Å². The summed E-state index contributed by atoms with van der Waals surface area (Å²) in [4.78, 5) is 6.02. The zero-order valence-corrected chi connectivity index (χ0v) is 10.8. The molecule has 0 saturated heterocycles. The molecule has 0 spiro atoms. The summed E-state index contributed by atoms with van der Waals surface area (Å²) in [7, 11) is 0. The van der Waals surface area contributed by atoms with Gasteiger partial charge in [-0.1, -0.05) is 11.6 Å². The van der Waals surface area contributed by atoms with Gasteiger partial charge in [-0.15, -0.1) is 0 Å². The van der Waals surface area contributed by atoms with Gasteiger partial charge < -0.3 is 15.4 Å². The number of hydrogen-bond acceptors (Lipinski definition) is 4. The van der Waals surface area contributed by atoms with E-state index in [9.17, 15) is 4.39 Å². The van der Waals surface area contributed by atoms with E-state index in [2.05, 4.69) is 4.99 Å². The van der Waals surface area contributed by atoms with Gasteiger partial charge in [0, 0.05) is 18.1 Å². The third kappa shape index (κ3) is 2.85. The van der Waals surface area contributed by atoms with Crippen LogP contribution in [0.2, 0.25) is 5.02 Å². The van der Waals surface area contributed by atoms with E-state index in [0.29, 0.717) is 30.4 Å². The van der Waals surface area contributed by atoms with Gasteiger partial charge in [0.15, 0.2) is 0 Å². The molecule has 0 saturated carbocycles. The fourth-order valence-corrected chi connectivity index (χ4v) is 2.08. The van der Waals surface area contributed by atoms with Gasteiger partial charge in [-0.3, -0.25) is 0 Å². The molecule has 4 nitrogen and oxygen atoms in total. The van der Waals surface area contributed by atoms with Gasteiger partial charge in [-0.2, -0.15) is 0 Å². The Labute approximate surface area is 110 Å². The molecule has 0 aliphatic carbocycles. The van der Waals surface area contributed by atoms with Crippen LogP contribution in [0.3, 0.4) is 0 Å². The highest BCUT2D eigenvalue weighted by Gasteiger charge is 2.21. The average Bonchev–Trinajstić information content (AvgIpc) is 2.72. The molecule has 0 amide bonds. The summed E-state index contributed by atoms with van der Waals surface area (Å²) in [5.74, 6) is -0.333. The normalized spacial score (nSPS) is 18.4. The van der Waals surface area contributed by atoms with Crippen molar-refractivity contribution in [1.82, 2.24) is 0 Å². The third-order valence-corrected chi connectivity index (χ3v) is 3.03. The van der Waals surface area contributed by atoms with Gasteiger partial charge >= 0.3 is 0 Å². The molecule has 2 rings (SSSR count). The maximum Gasteiger partial charge on any atom is 0.282 e. The summed E-state index contributed by atoms with van der Waals surface area (Å²) in [5.41, 5.74) is 5.96. The van der Waals surface area contributed by atoms with E-state index in [1.54, 1.807) is 12.1 Å². The molecule has 1 atom stereocenters. The number of anilines is 1. The third-order valence-electron chi connectivity index (χ3n) is 2.80. The van der Waals surface area contributed by atoms with E-state index in [1.165, 1.54) is 6.07 Å². The number of aliphatic imine (C=N–C) groups is 1. The molecule has 1 aliphatic heterocycles. The van der Waals surface area contributed by atoms with Crippen LogP contribution in [-0.4, -0.2) is 31.8 Å². The van der Waals surface area contributed by atoms with Gasteiger partial charge in [0.05, 0.1) is 5.69 Å². The molecule has 18 heavy (non-hydrogen) atoms. The topological polar surface area (TPSA) is 50.9 Å². The first-order valence-corrected chi connectivity index (χ1v) is 6.14. The molecule has 0 radical (unpaired) electrons. The number of hydrogen-bond donors (Lipinski definition) is 1. The lowest BCUT2D eigenvalue weighted by Gasteiger charge is -2.25. The van der Waals surface area contributed by atoms with Gasteiger partial charge in [0.1, 0.15) is 18.5 Å². The highest BCUT2D eigenvalue weighted by molar-refractivity contribution is 6.30. The van der Waals surface area contributed by atoms with Crippen molar-refractivity contribution in [2.75, 3.05) is 24.6 Å². The lowest BCUT2D eigenvalue weighted by atomic mass is 10.2. The van der Waals surface area contributed by atoms with Crippen molar-refractivity contribution in [2.24, 2.45) is 10.7 Å². The zero-order chi connectivity index (χ0) is 13.1. The van der Waals surface area contributed by atoms with Crippen molar-refractivity contribution in [3.63, 3.8) is 0 Å². The molecule has 1 unspecified atom stereocenters. The van der Waals surface area contributed by atoms with Gasteiger partial charge in [0.2, 0.25) is 0 Å². The molecule has 1 aliphatic rings. The monoisotopic (exact) mass is 271 g/mol. The predicted molar refractivity (Wildman–Crippen MR) is 70.7 cm³/mol. The standard InChI is InChI=1S/C12H15ClFN3O/c1-2-17(6-9-7-18-12(15)16-9)11-4-3-8(13)5-10(11)14/h3-5,9H,2,6-7H2,1H3,(H2,15,16). The highest BCUT2D eigenvalue weighted by atomic mass is 35.5. The quantitative estimate of drug-likeness (QED) is 0.911. The number of benzene rings is 1. The van der Waals surface area contributed by atoms with Crippen molar-refractivity contribution in [3.05, 3.63) is 29.0 Å². The van der Waals surface area contributed by atoms with Gasteiger partial charge in [0.25, 0.3) is 6.02 Å². The number of nitrogens with two attached hydrogens (primary N) is 1. The van der Waals surface area contributed by atoms with Crippen molar-refractivity contribution in [1.29, 1.82) is 0 Å². The number of nitrogens with zero attached hydrogens (tertiary/aromatic N) is 2. The number of halogens is 2. The number of rotatable bonds is 4. The van der Waals surface area contributed by atoms with E-state index in [1.807, 2.05) is 11.8 Å². The highest BCUT2D eigenvalue weighted by Crippen LogP contribution is 2.23. The van der Waals surface area contributed by atoms with Gasteiger partial charge in [-0.05, 0) is 25.1 Å². The van der Waals surface area contributed by atoms with E-state index in [0.717, 1.165) is 0 Å². The SMILES string of the molecule is CCN(CC1COC(N)=N1)c1ccc(Cl)cc1F. The minimum Gasteiger partial charge on any atom is -0.463 e. The second kappa shape index (κ2) is 5.44. The first-order chi connectivity index (χ1) is 8.60. The lowest BCUT2D eigenvalue weighted by Crippen LogP contribution is -2.32. The second-order valence-electron chi connectivity index (χ2n) is 4.07. The molecule has 1 heterocycles. The fraction of sp³-hybridized carbons (Fsp3) is 0.417. The van der Waals surface area contributed by atoms with Crippen LogP contribution in [0.1, 0.15) is 6.92 Å². The van der Waals surface area contributed by atoms with Crippen molar-refractivity contribution >= 4 is 23.3 Å².